The van der Waals surface area contributed by atoms with Crippen molar-refractivity contribution in [2.75, 3.05) is 50.1 Å². The van der Waals surface area contributed by atoms with Crippen molar-refractivity contribution >= 4 is 11.5 Å². The van der Waals surface area contributed by atoms with Crippen LogP contribution in [0.2, 0.25) is 0 Å². The lowest BCUT2D eigenvalue weighted by atomic mass is 10.1. The molecule has 0 aliphatic carbocycles. The molecule has 3 rings (SSSR count). The van der Waals surface area contributed by atoms with Crippen LogP contribution in [-0.4, -0.2) is 45.3 Å². The van der Waals surface area contributed by atoms with E-state index in [1.807, 2.05) is 18.3 Å². The lowest BCUT2D eigenvalue weighted by Crippen LogP contribution is -2.26. The maximum atomic E-state index is 5.50. The van der Waals surface area contributed by atoms with E-state index >= 15 is 0 Å². The van der Waals surface area contributed by atoms with Crippen molar-refractivity contribution in [3.05, 3.63) is 48.2 Å². The molecule has 1 saturated heterocycles. The van der Waals surface area contributed by atoms with Gasteiger partial charge in [0, 0.05) is 46.0 Å². The molecule has 140 valence electrons. The summed E-state index contributed by atoms with van der Waals surface area (Å²) in [5.74, 6) is 2.65. The van der Waals surface area contributed by atoms with Crippen LogP contribution in [0.4, 0.5) is 11.5 Å². The van der Waals surface area contributed by atoms with E-state index in [4.69, 9.17) is 4.74 Å². The molecule has 1 aliphatic rings. The number of pyridine rings is 1. The normalized spacial score (nSPS) is 16.7. The first-order chi connectivity index (χ1) is 12.7. The van der Waals surface area contributed by atoms with Crippen molar-refractivity contribution < 1.29 is 4.74 Å². The van der Waals surface area contributed by atoms with Crippen LogP contribution in [0.3, 0.4) is 0 Å². The van der Waals surface area contributed by atoms with Crippen LogP contribution in [0.15, 0.2) is 42.6 Å². The highest BCUT2D eigenvalue weighted by Crippen LogP contribution is 2.31. The van der Waals surface area contributed by atoms with Gasteiger partial charge in [-0.1, -0.05) is 18.2 Å². The Balaban J connectivity index is 1.46. The second kappa shape index (κ2) is 8.90. The molecule has 0 unspecified atom stereocenters. The van der Waals surface area contributed by atoms with Gasteiger partial charge in [-0.3, -0.25) is 0 Å². The predicted molar refractivity (Wildman–Crippen MR) is 108 cm³/mol. The molecule has 0 saturated carbocycles. The summed E-state index contributed by atoms with van der Waals surface area (Å²) in [5.41, 5.74) is 2.44. The van der Waals surface area contributed by atoms with Crippen molar-refractivity contribution in [1.29, 1.82) is 0 Å². The maximum absolute atomic E-state index is 5.50. The molecule has 1 atom stereocenters. The first-order valence-corrected chi connectivity index (χ1v) is 9.46. The fourth-order valence-electron chi connectivity index (χ4n) is 3.44. The highest BCUT2D eigenvalue weighted by molar-refractivity contribution is 5.59. The number of nitrogens with one attached hydrogen (secondary N) is 1. The van der Waals surface area contributed by atoms with Gasteiger partial charge < -0.3 is 19.9 Å². The zero-order chi connectivity index (χ0) is 18.4. The summed E-state index contributed by atoms with van der Waals surface area (Å²) in [5, 5.41) is 3.60. The number of anilines is 2. The second-order valence-corrected chi connectivity index (χ2v) is 6.94. The monoisotopic (exact) mass is 354 g/mol. The Morgan fingerprint density at radius 1 is 1.27 bits per heavy atom. The van der Waals surface area contributed by atoms with Gasteiger partial charge in [-0.15, -0.1) is 0 Å². The smallest absolute Gasteiger partial charge is 0.142 e. The molecule has 5 nitrogen and oxygen atoms in total. The molecule has 0 spiro atoms. The van der Waals surface area contributed by atoms with E-state index in [1.54, 1.807) is 7.11 Å². The van der Waals surface area contributed by atoms with Crippen molar-refractivity contribution in [2.45, 2.75) is 19.9 Å². The fourth-order valence-corrected chi connectivity index (χ4v) is 3.44. The lowest BCUT2D eigenvalue weighted by Gasteiger charge is -2.21. The molecule has 1 aromatic carbocycles. The summed E-state index contributed by atoms with van der Waals surface area (Å²) in [6, 6.07) is 12.5. The van der Waals surface area contributed by atoms with E-state index in [2.05, 4.69) is 58.3 Å². The Hall–Kier alpha value is -2.27. The third-order valence-electron chi connectivity index (χ3n) is 5.15. The molecule has 0 amide bonds. The predicted octanol–water partition coefficient (Wildman–Crippen LogP) is 3.16. The van der Waals surface area contributed by atoms with Crippen LogP contribution in [0.5, 0.6) is 5.75 Å². The largest absolute Gasteiger partial charge is 0.495 e. The van der Waals surface area contributed by atoms with E-state index in [0.29, 0.717) is 5.92 Å². The Bertz CT molecular complexity index is 689. The fraction of sp³-hybridized carbons (Fsp3) is 0.476. The van der Waals surface area contributed by atoms with Gasteiger partial charge in [0.25, 0.3) is 0 Å². The van der Waals surface area contributed by atoms with Gasteiger partial charge in [0.05, 0.1) is 12.8 Å². The van der Waals surface area contributed by atoms with Crippen LogP contribution in [0.25, 0.3) is 0 Å². The van der Waals surface area contributed by atoms with Gasteiger partial charge in [0.2, 0.25) is 0 Å². The molecule has 1 aromatic heterocycles. The topological polar surface area (TPSA) is 40.6 Å². The summed E-state index contributed by atoms with van der Waals surface area (Å²) in [6.07, 6.45) is 3.19. The molecule has 26 heavy (non-hydrogen) atoms. The highest BCUT2D eigenvalue weighted by Gasteiger charge is 2.24. The average Bonchev–Trinajstić information content (AvgIpc) is 3.16. The van der Waals surface area contributed by atoms with Gasteiger partial charge in [0.15, 0.2) is 0 Å². The van der Waals surface area contributed by atoms with Crippen LogP contribution in [0, 0.1) is 5.92 Å². The van der Waals surface area contributed by atoms with E-state index in [-0.39, 0.29) is 0 Å². The Kier molecular flexibility index (Phi) is 6.34. The molecule has 0 bridgehead atoms. The molecule has 1 aliphatic heterocycles. The van der Waals surface area contributed by atoms with Crippen molar-refractivity contribution in [2.24, 2.45) is 5.92 Å². The summed E-state index contributed by atoms with van der Waals surface area (Å²) < 4.78 is 5.50. The summed E-state index contributed by atoms with van der Waals surface area (Å²) in [6.45, 7) is 7.16. The molecular weight excluding hydrogens is 324 g/mol. The van der Waals surface area contributed by atoms with Crippen molar-refractivity contribution in [3.63, 3.8) is 0 Å². The zero-order valence-corrected chi connectivity index (χ0v) is 16.1. The number of benzene rings is 1. The van der Waals surface area contributed by atoms with Crippen LogP contribution < -0.4 is 19.9 Å². The Labute approximate surface area is 157 Å². The number of nitrogens with zero attached hydrogens (tertiary/aromatic N) is 3. The summed E-state index contributed by atoms with van der Waals surface area (Å²) in [4.78, 5) is 9.11. The number of rotatable bonds is 8. The lowest BCUT2D eigenvalue weighted by molar-refractivity contribution is 0.414. The Morgan fingerprint density at radius 2 is 2.12 bits per heavy atom. The molecule has 2 aromatic rings. The zero-order valence-electron chi connectivity index (χ0n) is 16.1. The van der Waals surface area contributed by atoms with Crippen molar-refractivity contribution in [3.8, 4) is 5.75 Å². The van der Waals surface area contributed by atoms with Gasteiger partial charge in [-0.25, -0.2) is 4.98 Å². The quantitative estimate of drug-likeness (QED) is 0.789. The second-order valence-electron chi connectivity index (χ2n) is 6.94. The van der Waals surface area contributed by atoms with Gasteiger partial charge >= 0.3 is 0 Å². The minimum Gasteiger partial charge on any atom is -0.495 e. The first-order valence-electron chi connectivity index (χ1n) is 9.46. The number of hydrogen-bond donors (Lipinski definition) is 1. The highest BCUT2D eigenvalue weighted by atomic mass is 16.5. The number of methoxy groups -OCH3 is 1. The van der Waals surface area contributed by atoms with Crippen LogP contribution in [0.1, 0.15) is 18.9 Å². The van der Waals surface area contributed by atoms with E-state index in [1.165, 1.54) is 17.7 Å². The summed E-state index contributed by atoms with van der Waals surface area (Å²) >= 11 is 0. The van der Waals surface area contributed by atoms with Gasteiger partial charge in [-0.2, -0.15) is 0 Å². The van der Waals surface area contributed by atoms with E-state index in [0.717, 1.165) is 44.3 Å². The van der Waals surface area contributed by atoms with Gasteiger partial charge in [-0.05, 0) is 43.0 Å². The molecule has 1 fully saturated rings. The average molecular weight is 354 g/mol. The number of para-hydroxylation sites is 2. The van der Waals surface area contributed by atoms with Crippen molar-refractivity contribution in [1.82, 2.24) is 10.3 Å². The van der Waals surface area contributed by atoms with E-state index in [9.17, 15) is 0 Å². The standard InChI is InChI=1S/C21H30N4O/c1-4-24(2)21-10-9-17(15-23-21)13-22-14-18-11-12-25(16-18)19-7-5-6-8-20(19)26-3/h5-10,15,18,22H,4,11-14,16H2,1-3H3/t18-/m0/s1. The number of ether oxygens (including phenoxy) is 1. The minimum atomic E-state index is 0.665. The van der Waals surface area contributed by atoms with E-state index < -0.39 is 0 Å². The third-order valence-corrected chi connectivity index (χ3v) is 5.15. The molecular formula is C21H30N4O. The number of aromatic nitrogens is 1. The SMILES string of the molecule is CCN(C)c1ccc(CNC[C@@H]2CCN(c3ccccc3OC)C2)cn1. The number of hydrogen-bond acceptors (Lipinski definition) is 5. The van der Waals surface area contributed by atoms with Crippen LogP contribution >= 0.6 is 0 Å². The Morgan fingerprint density at radius 3 is 2.85 bits per heavy atom. The first kappa shape index (κ1) is 18.5. The van der Waals surface area contributed by atoms with Crippen LogP contribution in [-0.2, 0) is 6.54 Å². The van der Waals surface area contributed by atoms with Gasteiger partial charge in [0.1, 0.15) is 11.6 Å². The summed E-state index contributed by atoms with van der Waals surface area (Å²) in [7, 11) is 3.80. The molecule has 1 N–H and O–H groups in total. The minimum absolute atomic E-state index is 0.665. The molecule has 0 radical (unpaired) electrons. The maximum Gasteiger partial charge on any atom is 0.142 e. The molecule has 5 heteroatoms. The third kappa shape index (κ3) is 4.47. The molecule has 2 heterocycles.